The number of hydrogen-bond acceptors (Lipinski definition) is 3. The van der Waals surface area contributed by atoms with E-state index in [-0.39, 0.29) is 17.8 Å². The third-order valence-corrected chi connectivity index (χ3v) is 4.91. The summed E-state index contributed by atoms with van der Waals surface area (Å²) in [5, 5.41) is 2.87. The number of nitrogens with one attached hydrogen (secondary N) is 1. The number of carbonyl (C=O) groups is 2. The second-order valence-corrected chi connectivity index (χ2v) is 6.72. The zero-order chi connectivity index (χ0) is 19.7. The molecule has 2 aliphatic heterocycles. The summed E-state index contributed by atoms with van der Waals surface area (Å²) in [5.74, 6) is -0.522. The summed E-state index contributed by atoms with van der Waals surface area (Å²) < 4.78 is 13.3. The van der Waals surface area contributed by atoms with Crippen LogP contribution in [-0.4, -0.2) is 39.8 Å². The van der Waals surface area contributed by atoms with Crippen LogP contribution in [-0.2, 0) is 11.3 Å². The highest BCUT2D eigenvalue weighted by Gasteiger charge is 2.43. The van der Waals surface area contributed by atoms with Gasteiger partial charge in [-0.1, -0.05) is 24.3 Å². The van der Waals surface area contributed by atoms with Gasteiger partial charge in [-0.05, 0) is 29.3 Å². The minimum absolute atomic E-state index is 0.151. The molecule has 142 valence electrons. The molecule has 1 N–H and O–H groups in total. The first-order chi connectivity index (χ1) is 13.6. The summed E-state index contributed by atoms with van der Waals surface area (Å²) in [7, 11) is 0. The van der Waals surface area contributed by atoms with Crippen LogP contribution in [0.2, 0.25) is 0 Å². The Morgan fingerprint density at radius 2 is 2.04 bits per heavy atom. The number of aromatic nitrogens is 1. The minimum atomic E-state index is -0.615. The number of halogens is 1. The molecule has 0 spiro atoms. The Morgan fingerprint density at radius 3 is 2.71 bits per heavy atom. The molecule has 2 aliphatic rings. The number of nitrogens with zero attached hydrogens (tertiary/aromatic N) is 3. The molecule has 1 aromatic heterocycles. The first-order valence-corrected chi connectivity index (χ1v) is 8.94. The highest BCUT2D eigenvalue weighted by molar-refractivity contribution is 6.01. The Morgan fingerprint density at radius 1 is 1.25 bits per heavy atom. The Bertz CT molecular complexity index is 956. The molecule has 0 aliphatic carbocycles. The molecule has 1 atom stereocenters. The predicted molar refractivity (Wildman–Crippen MR) is 101 cm³/mol. The van der Waals surface area contributed by atoms with Crippen molar-refractivity contribution in [3.63, 3.8) is 0 Å². The summed E-state index contributed by atoms with van der Waals surface area (Å²) in [6.45, 7) is 4.72. The molecule has 0 fully saturated rings. The maximum atomic E-state index is 13.3. The Kier molecular flexibility index (Phi) is 4.65. The van der Waals surface area contributed by atoms with Crippen molar-refractivity contribution in [3.05, 3.63) is 89.7 Å². The molecule has 0 saturated heterocycles. The fourth-order valence-electron chi connectivity index (χ4n) is 3.62. The maximum Gasteiger partial charge on any atom is 0.322 e. The number of pyridine rings is 1. The molecule has 1 aromatic carbocycles. The SMILES string of the molecule is C=CCN1C(=O)NC(c2ccc(F)cc2)C2=C1CN(Cc1cccnc1)C2=O. The van der Waals surface area contributed by atoms with E-state index >= 15 is 0 Å². The standard InChI is InChI=1S/C21H19FN4O2/c1-2-10-26-17-13-25(12-14-4-3-9-23-11-14)20(27)18(17)19(24-21(26)28)15-5-7-16(22)8-6-15/h2-9,11,19H,1,10,12-13H2,(H,24,28). The highest BCUT2D eigenvalue weighted by atomic mass is 19.1. The minimum Gasteiger partial charge on any atom is -0.329 e. The van der Waals surface area contributed by atoms with E-state index in [0.29, 0.717) is 36.5 Å². The number of benzene rings is 1. The zero-order valence-electron chi connectivity index (χ0n) is 15.1. The van der Waals surface area contributed by atoms with Crippen LogP contribution in [0.1, 0.15) is 17.2 Å². The van der Waals surface area contributed by atoms with Crippen LogP contribution >= 0.6 is 0 Å². The summed E-state index contributed by atoms with van der Waals surface area (Å²) in [5.41, 5.74) is 2.74. The van der Waals surface area contributed by atoms with Crippen LogP contribution < -0.4 is 5.32 Å². The van der Waals surface area contributed by atoms with Crippen molar-refractivity contribution in [1.82, 2.24) is 20.1 Å². The Balaban J connectivity index is 1.70. The van der Waals surface area contributed by atoms with E-state index in [9.17, 15) is 14.0 Å². The van der Waals surface area contributed by atoms with Gasteiger partial charge in [-0.3, -0.25) is 14.7 Å². The van der Waals surface area contributed by atoms with E-state index in [1.807, 2.05) is 12.1 Å². The molecule has 0 bridgehead atoms. The van der Waals surface area contributed by atoms with Gasteiger partial charge in [0, 0.05) is 25.5 Å². The molecule has 3 amide bonds. The molecule has 6 nitrogen and oxygen atoms in total. The quantitative estimate of drug-likeness (QED) is 0.814. The molecule has 2 aromatic rings. The van der Waals surface area contributed by atoms with Crippen molar-refractivity contribution in [1.29, 1.82) is 0 Å². The van der Waals surface area contributed by atoms with Crippen molar-refractivity contribution in [2.45, 2.75) is 12.6 Å². The lowest BCUT2D eigenvalue weighted by molar-refractivity contribution is -0.126. The molecular formula is C21H19FN4O2. The molecule has 0 radical (unpaired) electrons. The van der Waals surface area contributed by atoms with E-state index in [0.717, 1.165) is 5.56 Å². The molecular weight excluding hydrogens is 359 g/mol. The van der Waals surface area contributed by atoms with Crippen LogP contribution in [0.3, 0.4) is 0 Å². The van der Waals surface area contributed by atoms with Gasteiger partial charge in [0.1, 0.15) is 5.82 Å². The largest absolute Gasteiger partial charge is 0.329 e. The average Bonchev–Trinajstić information content (AvgIpc) is 3.02. The number of carbonyl (C=O) groups excluding carboxylic acids is 2. The molecule has 7 heteroatoms. The van der Waals surface area contributed by atoms with Crippen LogP contribution in [0.4, 0.5) is 9.18 Å². The van der Waals surface area contributed by atoms with Gasteiger partial charge in [0.25, 0.3) is 5.91 Å². The summed E-state index contributed by atoms with van der Waals surface area (Å²) >= 11 is 0. The van der Waals surface area contributed by atoms with E-state index in [1.165, 1.54) is 17.0 Å². The molecule has 4 rings (SSSR count). The lowest BCUT2D eigenvalue weighted by Gasteiger charge is -2.33. The molecule has 1 unspecified atom stereocenters. The average molecular weight is 378 g/mol. The number of rotatable bonds is 5. The molecule has 3 heterocycles. The smallest absolute Gasteiger partial charge is 0.322 e. The summed E-state index contributed by atoms with van der Waals surface area (Å²) in [4.78, 5) is 33.2. The number of amides is 3. The van der Waals surface area contributed by atoms with Gasteiger partial charge in [-0.25, -0.2) is 9.18 Å². The zero-order valence-corrected chi connectivity index (χ0v) is 15.1. The van der Waals surface area contributed by atoms with Crippen LogP contribution in [0.15, 0.2) is 72.7 Å². The van der Waals surface area contributed by atoms with Crippen molar-refractivity contribution >= 4 is 11.9 Å². The fourth-order valence-corrected chi connectivity index (χ4v) is 3.62. The lowest BCUT2D eigenvalue weighted by atomic mass is 9.95. The fraction of sp³-hybridized carbons (Fsp3) is 0.190. The lowest BCUT2D eigenvalue weighted by Crippen LogP contribution is -2.47. The van der Waals surface area contributed by atoms with E-state index in [4.69, 9.17) is 0 Å². The normalized spacial score (nSPS) is 19.0. The van der Waals surface area contributed by atoms with Gasteiger partial charge >= 0.3 is 6.03 Å². The predicted octanol–water partition coefficient (Wildman–Crippen LogP) is 2.77. The van der Waals surface area contributed by atoms with Gasteiger partial charge in [-0.15, -0.1) is 6.58 Å². The Hall–Kier alpha value is -3.48. The molecule has 0 saturated carbocycles. The maximum absolute atomic E-state index is 13.3. The van der Waals surface area contributed by atoms with Crippen LogP contribution in [0, 0.1) is 5.82 Å². The second kappa shape index (κ2) is 7.26. The third kappa shape index (κ3) is 3.15. The number of hydrogen-bond donors (Lipinski definition) is 1. The van der Waals surface area contributed by atoms with Crippen molar-refractivity contribution in [2.24, 2.45) is 0 Å². The summed E-state index contributed by atoms with van der Waals surface area (Å²) in [6, 6.07) is 8.63. The molecule has 28 heavy (non-hydrogen) atoms. The second-order valence-electron chi connectivity index (χ2n) is 6.72. The van der Waals surface area contributed by atoms with Gasteiger partial charge in [0.15, 0.2) is 0 Å². The van der Waals surface area contributed by atoms with Crippen molar-refractivity contribution in [2.75, 3.05) is 13.1 Å². The van der Waals surface area contributed by atoms with Gasteiger partial charge < -0.3 is 10.2 Å². The van der Waals surface area contributed by atoms with E-state index in [1.54, 1.807) is 35.5 Å². The van der Waals surface area contributed by atoms with Gasteiger partial charge in [-0.2, -0.15) is 0 Å². The van der Waals surface area contributed by atoms with Gasteiger partial charge in [0.2, 0.25) is 0 Å². The Labute approximate surface area is 162 Å². The monoisotopic (exact) mass is 378 g/mol. The first-order valence-electron chi connectivity index (χ1n) is 8.94. The van der Waals surface area contributed by atoms with E-state index < -0.39 is 6.04 Å². The van der Waals surface area contributed by atoms with Crippen molar-refractivity contribution < 1.29 is 14.0 Å². The number of urea groups is 1. The van der Waals surface area contributed by atoms with Crippen LogP contribution in [0.5, 0.6) is 0 Å². The topological polar surface area (TPSA) is 65.5 Å². The van der Waals surface area contributed by atoms with Crippen LogP contribution in [0.25, 0.3) is 0 Å². The first kappa shape index (κ1) is 17.9. The van der Waals surface area contributed by atoms with Gasteiger partial charge in [0.05, 0.1) is 23.9 Å². The van der Waals surface area contributed by atoms with E-state index in [2.05, 4.69) is 16.9 Å². The summed E-state index contributed by atoms with van der Waals surface area (Å²) in [6.07, 6.45) is 5.02. The third-order valence-electron chi connectivity index (χ3n) is 4.91. The highest BCUT2D eigenvalue weighted by Crippen LogP contribution is 2.36. The van der Waals surface area contributed by atoms with Crippen molar-refractivity contribution in [3.8, 4) is 0 Å².